The summed E-state index contributed by atoms with van der Waals surface area (Å²) in [6.07, 6.45) is 0. The number of anilines is 1. The van der Waals surface area contributed by atoms with Gasteiger partial charge >= 0.3 is 6.54 Å². The minimum atomic E-state index is -3.91. The smallest absolute Gasteiger partial charge is 0.397 e. The second-order valence-corrected chi connectivity index (χ2v) is 10.1. The van der Waals surface area contributed by atoms with E-state index in [2.05, 4.69) is 5.10 Å². The normalized spacial score (nSPS) is 14.4. The standard InChI is InChI=1S/C26H23FN4O7S/c1-3-30(16-6-11-21-22(12-16)38-26(27)37-21)23(32)14-31-25(33)20-13-17(36-2)7-10-19(20)24(29-31)15-4-8-18(9-5-15)39(28,34)35/h4-13,26H,3,14H2,1-2H3,(H2,28,34,35). The molecule has 0 saturated carbocycles. The molecule has 0 bridgehead atoms. The fraction of sp³-hybridized carbons (Fsp3) is 0.192. The quantitative estimate of drug-likeness (QED) is 0.367. The van der Waals surface area contributed by atoms with Gasteiger partial charge in [-0.25, -0.2) is 18.2 Å². The molecule has 1 aliphatic rings. The van der Waals surface area contributed by atoms with Crippen LogP contribution < -0.4 is 29.8 Å². The number of fused-ring (bicyclic) bond motifs is 2. The summed E-state index contributed by atoms with van der Waals surface area (Å²) in [5.41, 5.74) is 0.751. The Morgan fingerprint density at radius 1 is 1.08 bits per heavy atom. The number of sulfonamides is 1. The van der Waals surface area contributed by atoms with E-state index in [0.717, 1.165) is 4.68 Å². The second kappa shape index (κ2) is 10.0. The number of benzene rings is 3. The predicted octanol–water partition coefficient (Wildman–Crippen LogP) is 2.80. The van der Waals surface area contributed by atoms with Crippen LogP contribution in [0, 0.1) is 0 Å². The summed E-state index contributed by atoms with van der Waals surface area (Å²) in [6.45, 7) is -0.339. The molecule has 1 aromatic heterocycles. The van der Waals surface area contributed by atoms with Gasteiger partial charge in [0.25, 0.3) is 5.56 Å². The molecule has 11 nitrogen and oxygen atoms in total. The van der Waals surface area contributed by atoms with Crippen LogP contribution in [0.5, 0.6) is 17.2 Å². The van der Waals surface area contributed by atoms with Crippen molar-refractivity contribution in [2.24, 2.45) is 5.14 Å². The third-order valence-electron chi connectivity index (χ3n) is 6.20. The van der Waals surface area contributed by atoms with Crippen LogP contribution in [-0.2, 0) is 21.4 Å². The molecule has 39 heavy (non-hydrogen) atoms. The summed E-state index contributed by atoms with van der Waals surface area (Å²) in [5.74, 6) is 0.347. The van der Waals surface area contributed by atoms with Crippen molar-refractivity contribution in [3.63, 3.8) is 0 Å². The van der Waals surface area contributed by atoms with Gasteiger partial charge in [0.15, 0.2) is 11.5 Å². The minimum absolute atomic E-state index is 0.0814. The highest BCUT2D eigenvalue weighted by molar-refractivity contribution is 7.89. The zero-order valence-corrected chi connectivity index (χ0v) is 21.6. The Balaban J connectivity index is 1.56. The summed E-state index contributed by atoms with van der Waals surface area (Å²) in [7, 11) is -2.44. The summed E-state index contributed by atoms with van der Waals surface area (Å²) < 4.78 is 53.0. The Hall–Kier alpha value is -4.49. The van der Waals surface area contributed by atoms with Crippen molar-refractivity contribution in [2.45, 2.75) is 24.9 Å². The fourth-order valence-electron chi connectivity index (χ4n) is 4.31. The van der Waals surface area contributed by atoms with E-state index < -0.39 is 34.6 Å². The van der Waals surface area contributed by atoms with E-state index in [0.29, 0.717) is 28.1 Å². The zero-order chi connectivity index (χ0) is 27.9. The molecule has 202 valence electrons. The minimum Gasteiger partial charge on any atom is -0.497 e. The predicted molar refractivity (Wildman–Crippen MR) is 140 cm³/mol. The maximum atomic E-state index is 13.4. The van der Waals surface area contributed by atoms with E-state index >= 15 is 0 Å². The number of nitrogens with two attached hydrogens (primary N) is 1. The van der Waals surface area contributed by atoms with E-state index in [4.69, 9.17) is 19.3 Å². The van der Waals surface area contributed by atoms with E-state index in [1.54, 1.807) is 31.2 Å². The maximum absolute atomic E-state index is 13.4. The lowest BCUT2D eigenvalue weighted by molar-refractivity contribution is -0.119. The average molecular weight is 555 g/mol. The number of rotatable bonds is 7. The first kappa shape index (κ1) is 26.1. The third-order valence-corrected chi connectivity index (χ3v) is 7.13. The molecular weight excluding hydrogens is 531 g/mol. The Morgan fingerprint density at radius 2 is 1.79 bits per heavy atom. The van der Waals surface area contributed by atoms with Crippen molar-refractivity contribution in [3.8, 4) is 28.5 Å². The number of likely N-dealkylation sites (N-methyl/N-ethyl adjacent to an activating group) is 1. The van der Waals surface area contributed by atoms with E-state index in [-0.39, 0.29) is 28.3 Å². The third kappa shape index (κ3) is 5.01. The number of hydrogen-bond donors (Lipinski definition) is 1. The number of hydrogen-bond acceptors (Lipinski definition) is 8. The number of carbonyl (C=O) groups excluding carboxylic acids is 1. The molecule has 1 aliphatic heterocycles. The van der Waals surface area contributed by atoms with Gasteiger partial charge in [-0.1, -0.05) is 12.1 Å². The molecule has 5 rings (SSSR count). The van der Waals surface area contributed by atoms with Crippen LogP contribution in [0.2, 0.25) is 0 Å². The van der Waals surface area contributed by atoms with Crippen LogP contribution in [-0.4, -0.2) is 44.3 Å². The number of aromatic nitrogens is 2. The highest BCUT2D eigenvalue weighted by Crippen LogP contribution is 2.38. The second-order valence-electron chi connectivity index (χ2n) is 8.57. The molecule has 0 radical (unpaired) electrons. The number of nitrogens with zero attached hydrogens (tertiary/aromatic N) is 3. The van der Waals surface area contributed by atoms with Gasteiger partial charge in [-0.3, -0.25) is 9.59 Å². The lowest BCUT2D eigenvalue weighted by Gasteiger charge is -2.22. The van der Waals surface area contributed by atoms with Crippen molar-refractivity contribution in [1.82, 2.24) is 9.78 Å². The van der Waals surface area contributed by atoms with Gasteiger partial charge in [-0.2, -0.15) is 9.49 Å². The molecule has 1 atom stereocenters. The van der Waals surface area contributed by atoms with Crippen LogP contribution >= 0.6 is 0 Å². The maximum Gasteiger partial charge on any atom is 0.397 e. The first-order chi connectivity index (χ1) is 18.6. The zero-order valence-electron chi connectivity index (χ0n) is 20.8. The summed E-state index contributed by atoms with van der Waals surface area (Å²) in [4.78, 5) is 28.2. The van der Waals surface area contributed by atoms with Gasteiger partial charge in [0, 0.05) is 29.2 Å². The van der Waals surface area contributed by atoms with Gasteiger partial charge in [0.05, 0.1) is 23.1 Å². The van der Waals surface area contributed by atoms with Crippen molar-refractivity contribution >= 4 is 32.4 Å². The van der Waals surface area contributed by atoms with E-state index in [1.165, 1.54) is 48.4 Å². The summed E-state index contributed by atoms with van der Waals surface area (Å²) >= 11 is 0. The lowest BCUT2D eigenvalue weighted by Crippen LogP contribution is -2.37. The van der Waals surface area contributed by atoms with Crippen molar-refractivity contribution in [3.05, 3.63) is 71.0 Å². The van der Waals surface area contributed by atoms with E-state index in [9.17, 15) is 22.4 Å². The molecule has 2 N–H and O–H groups in total. The molecule has 4 aromatic rings. The van der Waals surface area contributed by atoms with Gasteiger partial charge < -0.3 is 19.1 Å². The van der Waals surface area contributed by atoms with Crippen LogP contribution in [0.15, 0.2) is 70.4 Å². The highest BCUT2D eigenvalue weighted by Gasteiger charge is 2.26. The van der Waals surface area contributed by atoms with Gasteiger partial charge in [0.1, 0.15) is 12.3 Å². The molecule has 0 aliphatic carbocycles. The van der Waals surface area contributed by atoms with Gasteiger partial charge in [-0.15, -0.1) is 0 Å². The molecule has 13 heteroatoms. The van der Waals surface area contributed by atoms with Crippen molar-refractivity contribution in [2.75, 3.05) is 18.6 Å². The Kier molecular flexibility index (Phi) is 6.70. The Labute approximate surface area is 222 Å². The molecule has 3 aromatic carbocycles. The number of ether oxygens (including phenoxy) is 3. The lowest BCUT2D eigenvalue weighted by atomic mass is 10.0. The van der Waals surface area contributed by atoms with Gasteiger partial charge in [0.2, 0.25) is 15.9 Å². The highest BCUT2D eigenvalue weighted by atomic mass is 32.2. The number of carbonyl (C=O) groups is 1. The number of alkyl halides is 1. The molecule has 0 spiro atoms. The van der Waals surface area contributed by atoms with Crippen molar-refractivity contribution < 1.29 is 31.8 Å². The average Bonchev–Trinajstić information content (AvgIpc) is 3.29. The first-order valence-electron chi connectivity index (χ1n) is 11.7. The van der Waals surface area contributed by atoms with Crippen LogP contribution in [0.4, 0.5) is 10.1 Å². The summed E-state index contributed by atoms with van der Waals surface area (Å²) in [6, 6.07) is 15.2. The SMILES string of the molecule is CCN(C(=O)Cn1nc(-c2ccc(S(N)(=O)=O)cc2)c2ccc(OC)cc2c1=O)c1ccc2c(c1)OC(F)O2. The van der Waals surface area contributed by atoms with Crippen LogP contribution in [0.3, 0.4) is 0 Å². The topological polar surface area (TPSA) is 143 Å². The van der Waals surface area contributed by atoms with Crippen molar-refractivity contribution in [1.29, 1.82) is 0 Å². The molecule has 1 unspecified atom stereocenters. The van der Waals surface area contributed by atoms with Gasteiger partial charge in [-0.05, 0) is 49.4 Å². The number of halogens is 1. The Morgan fingerprint density at radius 3 is 2.46 bits per heavy atom. The largest absolute Gasteiger partial charge is 0.497 e. The number of amides is 1. The molecule has 0 saturated heterocycles. The molecule has 2 heterocycles. The first-order valence-corrected chi connectivity index (χ1v) is 13.3. The fourth-order valence-corrected chi connectivity index (χ4v) is 4.83. The molecule has 1 amide bonds. The number of primary sulfonamides is 1. The monoisotopic (exact) mass is 554 g/mol. The van der Waals surface area contributed by atoms with E-state index in [1.807, 2.05) is 0 Å². The summed E-state index contributed by atoms with van der Waals surface area (Å²) in [5, 5.41) is 10.4. The van der Waals surface area contributed by atoms with Crippen LogP contribution in [0.25, 0.3) is 22.0 Å². The molecule has 0 fully saturated rings. The van der Waals surface area contributed by atoms with Crippen LogP contribution in [0.1, 0.15) is 6.92 Å². The molecular formula is C26H23FN4O7S. The number of methoxy groups -OCH3 is 1. The Bertz CT molecular complexity index is 1760.